The molecule has 1 atom stereocenters. The number of aryl methyl sites for hydroxylation is 1. The second kappa shape index (κ2) is 7.28. The normalized spacial score (nSPS) is 17.2. The molecule has 2 aromatic rings. The molecule has 6 nitrogen and oxygen atoms in total. The lowest BCUT2D eigenvalue weighted by Gasteiger charge is -2.25. The van der Waals surface area contributed by atoms with Crippen LogP contribution in [0.2, 0.25) is 0 Å². The van der Waals surface area contributed by atoms with E-state index in [2.05, 4.69) is 15.0 Å². The summed E-state index contributed by atoms with van der Waals surface area (Å²) >= 11 is 0. The van der Waals surface area contributed by atoms with Crippen molar-refractivity contribution in [2.24, 2.45) is 0 Å². The van der Waals surface area contributed by atoms with Crippen molar-refractivity contribution >= 4 is 5.91 Å². The van der Waals surface area contributed by atoms with Gasteiger partial charge in [0.25, 0.3) is 5.91 Å². The van der Waals surface area contributed by atoms with Crippen LogP contribution in [0.5, 0.6) is 0 Å². The molecule has 0 saturated carbocycles. The summed E-state index contributed by atoms with van der Waals surface area (Å²) in [6, 6.07) is 5.49. The summed E-state index contributed by atoms with van der Waals surface area (Å²) in [7, 11) is 0. The van der Waals surface area contributed by atoms with Crippen LogP contribution in [-0.2, 0) is 11.3 Å². The SMILES string of the molecule is Cc1nccc(C(=O)N(Cc2cccnc2)C[C@@H]2CCCO2)n1. The van der Waals surface area contributed by atoms with E-state index in [9.17, 15) is 4.79 Å². The zero-order valence-corrected chi connectivity index (χ0v) is 13.2. The monoisotopic (exact) mass is 312 g/mol. The molecule has 1 amide bonds. The topological polar surface area (TPSA) is 68.2 Å². The Bertz CT molecular complexity index is 657. The summed E-state index contributed by atoms with van der Waals surface area (Å²) < 4.78 is 5.69. The zero-order chi connectivity index (χ0) is 16.1. The van der Waals surface area contributed by atoms with Gasteiger partial charge in [-0.2, -0.15) is 0 Å². The number of rotatable bonds is 5. The molecule has 3 rings (SSSR count). The molecule has 0 N–H and O–H groups in total. The number of pyridine rings is 1. The lowest BCUT2D eigenvalue weighted by atomic mass is 10.2. The Kier molecular flexibility index (Phi) is 4.92. The van der Waals surface area contributed by atoms with Crippen molar-refractivity contribution < 1.29 is 9.53 Å². The molecule has 0 aromatic carbocycles. The van der Waals surface area contributed by atoms with E-state index in [1.165, 1.54) is 0 Å². The Balaban J connectivity index is 1.79. The number of aromatic nitrogens is 3. The Morgan fingerprint density at radius 3 is 3.00 bits per heavy atom. The van der Waals surface area contributed by atoms with Crippen LogP contribution < -0.4 is 0 Å². The fourth-order valence-electron chi connectivity index (χ4n) is 2.70. The molecule has 120 valence electrons. The van der Waals surface area contributed by atoms with E-state index in [0.717, 1.165) is 25.0 Å². The van der Waals surface area contributed by atoms with Gasteiger partial charge < -0.3 is 9.64 Å². The summed E-state index contributed by atoms with van der Waals surface area (Å²) in [5.74, 6) is 0.490. The standard InChI is InChI=1S/C17H20N4O2/c1-13-19-8-6-16(20-13)17(22)21(12-15-5-3-9-23-15)11-14-4-2-7-18-10-14/h2,4,6-8,10,15H,3,5,9,11-12H2,1H3/t15-/m0/s1. The third-order valence-electron chi connectivity index (χ3n) is 3.83. The van der Waals surface area contributed by atoms with Gasteiger partial charge in [-0.15, -0.1) is 0 Å². The summed E-state index contributed by atoms with van der Waals surface area (Å²) in [6.45, 7) is 3.61. The van der Waals surface area contributed by atoms with Crippen LogP contribution in [0, 0.1) is 6.92 Å². The van der Waals surface area contributed by atoms with Crippen LogP contribution in [-0.4, -0.2) is 45.0 Å². The van der Waals surface area contributed by atoms with Gasteiger partial charge in [-0.1, -0.05) is 6.07 Å². The number of hydrogen-bond donors (Lipinski definition) is 0. The molecule has 0 bridgehead atoms. The average molecular weight is 312 g/mol. The fourth-order valence-corrected chi connectivity index (χ4v) is 2.70. The number of carbonyl (C=O) groups excluding carboxylic acids is 1. The van der Waals surface area contributed by atoms with E-state index in [0.29, 0.717) is 24.6 Å². The van der Waals surface area contributed by atoms with Crippen molar-refractivity contribution in [2.75, 3.05) is 13.2 Å². The van der Waals surface area contributed by atoms with Crippen LogP contribution in [0.15, 0.2) is 36.8 Å². The molecule has 0 aliphatic carbocycles. The number of amides is 1. The minimum absolute atomic E-state index is 0.0959. The van der Waals surface area contributed by atoms with E-state index in [1.807, 2.05) is 12.1 Å². The van der Waals surface area contributed by atoms with Gasteiger partial charge in [-0.05, 0) is 37.5 Å². The quantitative estimate of drug-likeness (QED) is 0.844. The first kappa shape index (κ1) is 15.6. The van der Waals surface area contributed by atoms with Gasteiger partial charge in [0.05, 0.1) is 6.10 Å². The average Bonchev–Trinajstić information content (AvgIpc) is 3.08. The van der Waals surface area contributed by atoms with Gasteiger partial charge in [0.15, 0.2) is 0 Å². The Hall–Kier alpha value is -2.34. The third kappa shape index (κ3) is 4.10. The van der Waals surface area contributed by atoms with Crippen LogP contribution in [0.25, 0.3) is 0 Å². The fraction of sp³-hybridized carbons (Fsp3) is 0.412. The Morgan fingerprint density at radius 2 is 2.30 bits per heavy atom. The lowest BCUT2D eigenvalue weighted by molar-refractivity contribution is 0.0502. The summed E-state index contributed by atoms with van der Waals surface area (Å²) in [5.41, 5.74) is 1.41. The van der Waals surface area contributed by atoms with Gasteiger partial charge in [0.2, 0.25) is 0 Å². The second-order valence-corrected chi connectivity index (χ2v) is 5.67. The highest BCUT2D eigenvalue weighted by Crippen LogP contribution is 2.16. The first-order valence-corrected chi connectivity index (χ1v) is 7.82. The molecule has 23 heavy (non-hydrogen) atoms. The first-order valence-electron chi connectivity index (χ1n) is 7.82. The summed E-state index contributed by atoms with van der Waals surface area (Å²) in [5, 5.41) is 0. The van der Waals surface area contributed by atoms with Crippen molar-refractivity contribution in [1.82, 2.24) is 19.9 Å². The molecule has 2 aromatic heterocycles. The molecule has 0 radical (unpaired) electrons. The molecule has 6 heteroatoms. The van der Waals surface area contributed by atoms with Crippen LogP contribution in [0.4, 0.5) is 0 Å². The number of nitrogens with zero attached hydrogens (tertiary/aromatic N) is 4. The largest absolute Gasteiger partial charge is 0.376 e. The molecule has 0 spiro atoms. The maximum Gasteiger partial charge on any atom is 0.272 e. The highest BCUT2D eigenvalue weighted by Gasteiger charge is 2.24. The number of ether oxygens (including phenoxy) is 1. The van der Waals surface area contributed by atoms with Crippen molar-refractivity contribution in [2.45, 2.75) is 32.4 Å². The summed E-state index contributed by atoms with van der Waals surface area (Å²) in [4.78, 5) is 27.1. The molecule has 3 heterocycles. The maximum absolute atomic E-state index is 12.8. The van der Waals surface area contributed by atoms with Gasteiger partial charge in [-0.25, -0.2) is 9.97 Å². The molecule has 1 fully saturated rings. The minimum Gasteiger partial charge on any atom is -0.376 e. The van der Waals surface area contributed by atoms with Gasteiger partial charge in [0.1, 0.15) is 11.5 Å². The molecule has 1 aliphatic heterocycles. The molecule has 1 aliphatic rings. The third-order valence-corrected chi connectivity index (χ3v) is 3.83. The number of carbonyl (C=O) groups is 1. The summed E-state index contributed by atoms with van der Waals surface area (Å²) in [6.07, 6.45) is 7.25. The van der Waals surface area contributed by atoms with Crippen LogP contribution in [0.1, 0.15) is 34.7 Å². The minimum atomic E-state index is -0.102. The van der Waals surface area contributed by atoms with E-state index in [1.54, 1.807) is 36.5 Å². The lowest BCUT2D eigenvalue weighted by Crippen LogP contribution is -2.37. The Morgan fingerprint density at radius 1 is 1.39 bits per heavy atom. The second-order valence-electron chi connectivity index (χ2n) is 5.67. The van der Waals surface area contributed by atoms with Gasteiger partial charge in [-0.3, -0.25) is 9.78 Å². The maximum atomic E-state index is 12.8. The van der Waals surface area contributed by atoms with Gasteiger partial charge >= 0.3 is 0 Å². The molecule has 1 saturated heterocycles. The predicted octanol–water partition coefficient (Wildman–Crippen LogP) is 2.00. The van der Waals surface area contributed by atoms with E-state index in [-0.39, 0.29) is 12.0 Å². The van der Waals surface area contributed by atoms with Crippen molar-refractivity contribution in [1.29, 1.82) is 0 Å². The van der Waals surface area contributed by atoms with E-state index < -0.39 is 0 Å². The Labute approximate surface area is 135 Å². The highest BCUT2D eigenvalue weighted by atomic mass is 16.5. The first-order chi connectivity index (χ1) is 11.2. The predicted molar refractivity (Wildman–Crippen MR) is 84.7 cm³/mol. The molecular formula is C17H20N4O2. The van der Waals surface area contributed by atoms with E-state index in [4.69, 9.17) is 4.74 Å². The van der Waals surface area contributed by atoms with E-state index >= 15 is 0 Å². The highest BCUT2D eigenvalue weighted by molar-refractivity contribution is 5.92. The zero-order valence-electron chi connectivity index (χ0n) is 13.2. The number of hydrogen-bond acceptors (Lipinski definition) is 5. The molecule has 0 unspecified atom stereocenters. The van der Waals surface area contributed by atoms with Crippen molar-refractivity contribution in [3.05, 3.63) is 53.9 Å². The smallest absolute Gasteiger partial charge is 0.272 e. The van der Waals surface area contributed by atoms with Gasteiger partial charge in [0, 0.05) is 38.3 Å². The van der Waals surface area contributed by atoms with Crippen molar-refractivity contribution in [3.63, 3.8) is 0 Å². The van der Waals surface area contributed by atoms with Crippen molar-refractivity contribution in [3.8, 4) is 0 Å². The molecular weight excluding hydrogens is 292 g/mol. The van der Waals surface area contributed by atoms with Crippen LogP contribution in [0.3, 0.4) is 0 Å². The van der Waals surface area contributed by atoms with Crippen LogP contribution >= 0.6 is 0 Å².